The molecule has 9 heteroatoms. The molecular weight excluding hydrogens is 346 g/mol. The van der Waals surface area contributed by atoms with Crippen LogP contribution in [0.5, 0.6) is 5.75 Å². The van der Waals surface area contributed by atoms with Crippen LogP contribution in [0.15, 0.2) is 27.6 Å². The molecule has 0 aliphatic rings. The predicted molar refractivity (Wildman–Crippen MR) is 69.9 cm³/mol. The summed E-state index contributed by atoms with van der Waals surface area (Å²) in [5.74, 6) is -3.00. The summed E-state index contributed by atoms with van der Waals surface area (Å²) in [5, 5.41) is 0. The maximum absolute atomic E-state index is 12.9. The predicted octanol–water partition coefficient (Wildman–Crippen LogP) is 1.33. The van der Waals surface area contributed by atoms with Crippen molar-refractivity contribution < 1.29 is 21.9 Å². The van der Waals surface area contributed by atoms with E-state index in [-0.39, 0.29) is 4.90 Å². The Labute approximate surface area is 118 Å². The van der Waals surface area contributed by atoms with Crippen LogP contribution in [0.4, 0.5) is 8.78 Å². The number of nitrogens with one attached hydrogen (secondary N) is 1. The first-order chi connectivity index (χ1) is 8.70. The van der Waals surface area contributed by atoms with Gasteiger partial charge in [-0.05, 0) is 12.1 Å². The third-order valence-corrected chi connectivity index (χ3v) is 4.05. The third kappa shape index (κ3) is 4.68. The molecule has 0 spiro atoms. The lowest BCUT2D eigenvalue weighted by atomic mass is 10.3. The number of benzene rings is 1. The van der Waals surface area contributed by atoms with E-state index >= 15 is 0 Å². The first-order valence-corrected chi connectivity index (χ1v) is 7.40. The fourth-order valence-electron chi connectivity index (χ4n) is 1.17. The van der Waals surface area contributed by atoms with Crippen molar-refractivity contribution in [2.75, 3.05) is 20.2 Å². The molecule has 0 radical (unpaired) electrons. The first kappa shape index (κ1) is 16.3. The summed E-state index contributed by atoms with van der Waals surface area (Å²) in [4.78, 5) is -0.174. The quantitative estimate of drug-likeness (QED) is 0.803. The lowest BCUT2D eigenvalue weighted by Gasteiger charge is -2.15. The molecule has 3 N–H and O–H groups in total. The molecule has 0 amide bonds. The average molecular weight is 359 g/mol. The van der Waals surface area contributed by atoms with Gasteiger partial charge < -0.3 is 10.5 Å². The van der Waals surface area contributed by atoms with E-state index in [0.717, 1.165) is 0 Å². The van der Waals surface area contributed by atoms with Crippen LogP contribution in [0.2, 0.25) is 0 Å². The van der Waals surface area contributed by atoms with Crippen LogP contribution in [-0.4, -0.2) is 34.5 Å². The summed E-state index contributed by atoms with van der Waals surface area (Å²) in [6.45, 7) is -1.99. The molecule has 1 aromatic rings. The van der Waals surface area contributed by atoms with Crippen LogP contribution >= 0.6 is 15.9 Å². The highest BCUT2D eigenvalue weighted by Crippen LogP contribution is 2.24. The van der Waals surface area contributed by atoms with Crippen LogP contribution in [0.1, 0.15) is 0 Å². The van der Waals surface area contributed by atoms with E-state index in [1.54, 1.807) is 6.07 Å². The van der Waals surface area contributed by atoms with E-state index in [1.807, 2.05) is 4.72 Å². The zero-order valence-corrected chi connectivity index (χ0v) is 12.4. The van der Waals surface area contributed by atoms with Gasteiger partial charge in [0.2, 0.25) is 10.0 Å². The molecule has 1 rings (SSSR count). The molecule has 19 heavy (non-hydrogen) atoms. The summed E-state index contributed by atoms with van der Waals surface area (Å²) in [7, 11) is -2.68. The molecule has 108 valence electrons. The minimum absolute atomic E-state index is 0.174. The number of hydrogen-bond acceptors (Lipinski definition) is 4. The van der Waals surface area contributed by atoms with Gasteiger partial charge in [-0.1, -0.05) is 15.9 Å². The topological polar surface area (TPSA) is 81.4 Å². The van der Waals surface area contributed by atoms with Gasteiger partial charge in [-0.15, -0.1) is 0 Å². The van der Waals surface area contributed by atoms with Crippen molar-refractivity contribution >= 4 is 26.0 Å². The van der Waals surface area contributed by atoms with Crippen LogP contribution < -0.4 is 15.2 Å². The number of halogens is 3. The Balaban J connectivity index is 2.98. The third-order valence-electron chi connectivity index (χ3n) is 2.21. The fourth-order valence-corrected chi connectivity index (χ4v) is 2.91. The Morgan fingerprint density at radius 2 is 2.05 bits per heavy atom. The number of ether oxygens (including phenoxy) is 1. The zero-order chi connectivity index (χ0) is 14.7. The molecule has 0 aliphatic carbocycles. The average Bonchev–Trinajstić information content (AvgIpc) is 2.36. The van der Waals surface area contributed by atoms with Gasteiger partial charge in [0, 0.05) is 10.5 Å². The van der Waals surface area contributed by atoms with Gasteiger partial charge in [0.25, 0.3) is 5.92 Å². The van der Waals surface area contributed by atoms with Crippen LogP contribution in [0, 0.1) is 0 Å². The maximum Gasteiger partial charge on any atom is 0.273 e. The minimum atomic E-state index is -4.05. The summed E-state index contributed by atoms with van der Waals surface area (Å²) in [5.41, 5.74) is 4.83. The maximum atomic E-state index is 12.9. The van der Waals surface area contributed by atoms with E-state index in [0.29, 0.717) is 10.2 Å². The number of hydrogen-bond donors (Lipinski definition) is 2. The molecule has 0 heterocycles. The van der Waals surface area contributed by atoms with E-state index < -0.39 is 29.0 Å². The van der Waals surface area contributed by atoms with Crippen molar-refractivity contribution in [2.24, 2.45) is 5.73 Å². The molecule has 0 unspecified atom stereocenters. The monoisotopic (exact) mass is 358 g/mol. The Morgan fingerprint density at radius 1 is 1.42 bits per heavy atom. The number of methoxy groups -OCH3 is 1. The number of rotatable bonds is 6. The van der Waals surface area contributed by atoms with Crippen LogP contribution in [-0.2, 0) is 10.0 Å². The first-order valence-electron chi connectivity index (χ1n) is 5.12. The van der Waals surface area contributed by atoms with Gasteiger partial charge in [0.15, 0.2) is 0 Å². The van der Waals surface area contributed by atoms with E-state index in [2.05, 4.69) is 15.9 Å². The SMILES string of the molecule is COc1cc(Br)cc(S(=O)(=O)NCC(F)(F)CN)c1. The highest BCUT2D eigenvalue weighted by atomic mass is 79.9. The molecule has 0 atom stereocenters. The lowest BCUT2D eigenvalue weighted by Crippen LogP contribution is -2.41. The minimum Gasteiger partial charge on any atom is -0.497 e. The number of sulfonamides is 1. The number of nitrogens with two attached hydrogens (primary N) is 1. The van der Waals surface area contributed by atoms with Crippen molar-refractivity contribution in [3.05, 3.63) is 22.7 Å². The van der Waals surface area contributed by atoms with E-state index in [9.17, 15) is 17.2 Å². The molecule has 0 fully saturated rings. The summed E-state index contributed by atoms with van der Waals surface area (Å²) in [6, 6.07) is 4.06. The van der Waals surface area contributed by atoms with Gasteiger partial charge in [-0.3, -0.25) is 0 Å². The van der Waals surface area contributed by atoms with Crippen molar-refractivity contribution in [3.63, 3.8) is 0 Å². The molecule has 0 bridgehead atoms. The highest BCUT2D eigenvalue weighted by molar-refractivity contribution is 9.10. The van der Waals surface area contributed by atoms with E-state index in [4.69, 9.17) is 10.5 Å². The van der Waals surface area contributed by atoms with Crippen molar-refractivity contribution in [1.82, 2.24) is 4.72 Å². The molecule has 1 aromatic carbocycles. The molecule has 0 saturated carbocycles. The lowest BCUT2D eigenvalue weighted by molar-refractivity contribution is 0.0170. The second kappa shape index (κ2) is 6.12. The Morgan fingerprint density at radius 3 is 2.58 bits per heavy atom. The molecule has 5 nitrogen and oxygen atoms in total. The van der Waals surface area contributed by atoms with Crippen molar-refractivity contribution in [1.29, 1.82) is 0 Å². The summed E-state index contributed by atoms with van der Waals surface area (Å²) >= 11 is 3.11. The Hall–Kier alpha value is -0.770. The Kier molecular flexibility index (Phi) is 5.25. The smallest absolute Gasteiger partial charge is 0.273 e. The zero-order valence-electron chi connectivity index (χ0n) is 9.99. The second-order valence-electron chi connectivity index (χ2n) is 3.71. The second-order valence-corrected chi connectivity index (χ2v) is 6.39. The normalized spacial score (nSPS) is 12.5. The molecule has 0 aliphatic heterocycles. The van der Waals surface area contributed by atoms with Gasteiger partial charge in [0.1, 0.15) is 5.75 Å². The van der Waals surface area contributed by atoms with Crippen molar-refractivity contribution in [3.8, 4) is 5.75 Å². The van der Waals surface area contributed by atoms with Gasteiger partial charge >= 0.3 is 0 Å². The van der Waals surface area contributed by atoms with Gasteiger partial charge in [-0.2, -0.15) is 0 Å². The molecule has 0 aromatic heterocycles. The Bertz CT molecular complexity index is 552. The number of alkyl halides is 2. The standard InChI is InChI=1S/C10H13BrF2N2O3S/c1-18-8-2-7(11)3-9(4-8)19(16,17)15-6-10(12,13)5-14/h2-4,15H,5-6,14H2,1H3. The highest BCUT2D eigenvalue weighted by Gasteiger charge is 2.29. The van der Waals surface area contributed by atoms with Crippen LogP contribution in [0.25, 0.3) is 0 Å². The summed E-state index contributed by atoms with van der Waals surface area (Å²) < 4.78 is 56.8. The fraction of sp³-hybridized carbons (Fsp3) is 0.400. The van der Waals surface area contributed by atoms with Crippen molar-refractivity contribution in [2.45, 2.75) is 10.8 Å². The van der Waals surface area contributed by atoms with Gasteiger partial charge in [0.05, 0.1) is 25.1 Å². The molecular formula is C10H13BrF2N2O3S. The largest absolute Gasteiger partial charge is 0.497 e. The van der Waals surface area contributed by atoms with Crippen LogP contribution in [0.3, 0.4) is 0 Å². The molecule has 0 saturated heterocycles. The van der Waals surface area contributed by atoms with Gasteiger partial charge in [-0.25, -0.2) is 21.9 Å². The summed E-state index contributed by atoms with van der Waals surface area (Å²) in [6.07, 6.45) is 0. The van der Waals surface area contributed by atoms with E-state index in [1.165, 1.54) is 19.2 Å².